The van der Waals surface area contributed by atoms with Crippen molar-refractivity contribution in [2.24, 2.45) is 0 Å². The van der Waals surface area contributed by atoms with E-state index in [2.05, 4.69) is 10.0 Å². The highest BCUT2D eigenvalue weighted by Crippen LogP contribution is 2.18. The van der Waals surface area contributed by atoms with Crippen LogP contribution in [0.1, 0.15) is 39.5 Å². The van der Waals surface area contributed by atoms with Crippen molar-refractivity contribution in [1.29, 1.82) is 0 Å². The molecule has 0 unspecified atom stereocenters. The molecule has 1 aliphatic carbocycles. The normalized spacial score (nSPS) is 17.1. The van der Waals surface area contributed by atoms with Gasteiger partial charge in [-0.25, -0.2) is 13.1 Å². The van der Waals surface area contributed by atoms with Crippen molar-refractivity contribution < 1.29 is 13.2 Å². The van der Waals surface area contributed by atoms with Crippen molar-refractivity contribution in [1.82, 2.24) is 10.0 Å². The fraction of sp³-hybridized carbons (Fsp3) is 1.00. The van der Waals surface area contributed by atoms with Crippen LogP contribution in [0.2, 0.25) is 0 Å². The largest absolute Gasteiger partial charge is 0.383 e. The van der Waals surface area contributed by atoms with Crippen molar-refractivity contribution in [2.75, 3.05) is 26.0 Å². The highest BCUT2D eigenvalue weighted by Gasteiger charge is 2.24. The first-order chi connectivity index (χ1) is 8.35. The lowest BCUT2D eigenvalue weighted by Gasteiger charge is -2.24. The Hall–Kier alpha value is -0.170. The van der Waals surface area contributed by atoms with Crippen molar-refractivity contribution in [3.05, 3.63) is 0 Å². The molecule has 0 aromatic heterocycles. The number of sulfonamides is 1. The van der Waals surface area contributed by atoms with Gasteiger partial charge in [0.1, 0.15) is 0 Å². The van der Waals surface area contributed by atoms with Gasteiger partial charge < -0.3 is 10.1 Å². The molecule has 0 bridgehead atoms. The third-order valence-corrected chi connectivity index (χ3v) is 4.48. The third kappa shape index (κ3) is 7.31. The minimum absolute atomic E-state index is 0.187. The van der Waals surface area contributed by atoms with E-state index >= 15 is 0 Å². The Balaban J connectivity index is 2.17. The van der Waals surface area contributed by atoms with Crippen molar-refractivity contribution in [3.8, 4) is 0 Å². The zero-order valence-electron chi connectivity index (χ0n) is 11.7. The van der Waals surface area contributed by atoms with Gasteiger partial charge in [0.05, 0.1) is 17.9 Å². The minimum Gasteiger partial charge on any atom is -0.383 e. The Labute approximate surface area is 111 Å². The van der Waals surface area contributed by atoms with Crippen LogP contribution in [0.3, 0.4) is 0 Å². The Morgan fingerprint density at radius 2 is 1.94 bits per heavy atom. The molecule has 18 heavy (non-hydrogen) atoms. The van der Waals surface area contributed by atoms with E-state index in [1.54, 1.807) is 7.11 Å². The van der Waals surface area contributed by atoms with Crippen LogP contribution >= 0.6 is 0 Å². The number of unbranched alkanes of at least 4 members (excludes halogenated alkanes) is 1. The Morgan fingerprint density at radius 1 is 1.28 bits per heavy atom. The van der Waals surface area contributed by atoms with E-state index in [0.29, 0.717) is 19.1 Å². The van der Waals surface area contributed by atoms with E-state index in [-0.39, 0.29) is 5.75 Å². The molecule has 1 fully saturated rings. The first kappa shape index (κ1) is 15.9. The Morgan fingerprint density at radius 3 is 2.50 bits per heavy atom. The Kier molecular flexibility index (Phi) is 6.04. The zero-order valence-corrected chi connectivity index (χ0v) is 12.5. The molecule has 0 heterocycles. The van der Waals surface area contributed by atoms with Crippen molar-refractivity contribution in [2.45, 2.75) is 51.1 Å². The summed E-state index contributed by atoms with van der Waals surface area (Å²) in [6.45, 7) is 4.93. The maximum Gasteiger partial charge on any atom is 0.212 e. The second kappa shape index (κ2) is 6.84. The first-order valence-electron chi connectivity index (χ1n) is 6.59. The van der Waals surface area contributed by atoms with E-state index in [1.165, 1.54) is 12.8 Å². The number of hydrogen-bond donors (Lipinski definition) is 2. The summed E-state index contributed by atoms with van der Waals surface area (Å²) in [6.07, 6.45) is 4.14. The van der Waals surface area contributed by atoms with Crippen molar-refractivity contribution in [3.63, 3.8) is 0 Å². The molecule has 0 amide bonds. The molecule has 0 aromatic rings. The number of hydrogen-bond acceptors (Lipinski definition) is 4. The first-order valence-corrected chi connectivity index (χ1v) is 8.24. The SMILES string of the molecule is COCC(C)(C)NS(=O)(=O)CCCCNC1CC1. The summed E-state index contributed by atoms with van der Waals surface area (Å²) < 4.78 is 31.4. The van der Waals surface area contributed by atoms with Gasteiger partial charge in [-0.15, -0.1) is 0 Å². The van der Waals surface area contributed by atoms with Crippen LogP contribution in [0.4, 0.5) is 0 Å². The number of ether oxygens (including phenoxy) is 1. The van der Waals surface area contributed by atoms with Gasteiger partial charge in [0.15, 0.2) is 0 Å². The van der Waals surface area contributed by atoms with Crippen LogP contribution in [-0.2, 0) is 14.8 Å². The van der Waals surface area contributed by atoms with E-state index in [1.807, 2.05) is 13.8 Å². The quantitative estimate of drug-likeness (QED) is 0.582. The molecule has 0 radical (unpaired) electrons. The Bertz CT molecular complexity index is 337. The summed E-state index contributed by atoms with van der Waals surface area (Å²) in [5, 5.41) is 3.38. The summed E-state index contributed by atoms with van der Waals surface area (Å²) in [5.41, 5.74) is -0.542. The molecule has 5 nitrogen and oxygen atoms in total. The number of nitrogens with one attached hydrogen (secondary N) is 2. The molecule has 1 aliphatic rings. The average Bonchev–Trinajstić information content (AvgIpc) is 2.98. The molecule has 0 spiro atoms. The molecule has 6 heteroatoms. The summed E-state index contributed by atoms with van der Waals surface area (Å²) in [4.78, 5) is 0. The van der Waals surface area contributed by atoms with E-state index < -0.39 is 15.6 Å². The highest BCUT2D eigenvalue weighted by atomic mass is 32.2. The lowest BCUT2D eigenvalue weighted by molar-refractivity contribution is 0.141. The maximum atomic E-state index is 11.8. The highest BCUT2D eigenvalue weighted by molar-refractivity contribution is 7.89. The van der Waals surface area contributed by atoms with Gasteiger partial charge in [-0.2, -0.15) is 0 Å². The predicted octanol–water partition coefficient (Wildman–Crippen LogP) is 0.863. The molecule has 2 N–H and O–H groups in total. The fourth-order valence-corrected chi connectivity index (χ4v) is 3.46. The van der Waals surface area contributed by atoms with Gasteiger partial charge in [-0.3, -0.25) is 0 Å². The summed E-state index contributed by atoms with van der Waals surface area (Å²) in [5.74, 6) is 0.187. The zero-order chi connectivity index (χ0) is 13.6. The third-order valence-electron chi connectivity index (χ3n) is 2.79. The maximum absolute atomic E-state index is 11.8. The number of rotatable bonds is 10. The van der Waals surface area contributed by atoms with E-state index in [9.17, 15) is 8.42 Å². The second-order valence-corrected chi connectivity index (χ2v) is 7.52. The second-order valence-electron chi connectivity index (χ2n) is 5.67. The van der Waals surface area contributed by atoms with Crippen LogP contribution in [0.15, 0.2) is 0 Å². The molecule has 0 aromatic carbocycles. The minimum atomic E-state index is -3.20. The molecule has 0 saturated heterocycles. The van der Waals surface area contributed by atoms with Gasteiger partial charge in [0.25, 0.3) is 0 Å². The molecule has 0 atom stereocenters. The molecular weight excluding hydrogens is 252 g/mol. The van der Waals surface area contributed by atoms with E-state index in [4.69, 9.17) is 4.74 Å². The van der Waals surface area contributed by atoms with Crippen LogP contribution in [0.25, 0.3) is 0 Å². The van der Waals surface area contributed by atoms with Crippen LogP contribution < -0.4 is 10.0 Å². The molecule has 1 rings (SSSR count). The summed E-state index contributed by atoms with van der Waals surface area (Å²) in [7, 11) is -1.64. The molecule has 108 valence electrons. The van der Waals surface area contributed by atoms with Crippen LogP contribution in [0, 0.1) is 0 Å². The van der Waals surface area contributed by atoms with Gasteiger partial charge in [0.2, 0.25) is 10.0 Å². The van der Waals surface area contributed by atoms with E-state index in [0.717, 1.165) is 13.0 Å². The summed E-state index contributed by atoms with van der Waals surface area (Å²) >= 11 is 0. The molecular formula is C12H26N2O3S. The molecule has 0 aliphatic heterocycles. The standard InChI is InChI=1S/C12H26N2O3S/c1-12(2,10-17-3)14-18(15,16)9-5-4-8-13-11-6-7-11/h11,13-14H,4-10H2,1-3H3. The average molecular weight is 278 g/mol. The topological polar surface area (TPSA) is 67.4 Å². The molecule has 1 saturated carbocycles. The van der Waals surface area contributed by atoms with Crippen molar-refractivity contribution >= 4 is 10.0 Å². The van der Waals surface area contributed by atoms with Crippen LogP contribution in [-0.4, -0.2) is 46.0 Å². The monoisotopic (exact) mass is 278 g/mol. The van der Waals surface area contributed by atoms with Gasteiger partial charge >= 0.3 is 0 Å². The van der Waals surface area contributed by atoms with Gasteiger partial charge in [-0.1, -0.05) is 0 Å². The summed E-state index contributed by atoms with van der Waals surface area (Å²) in [6, 6.07) is 0.695. The fourth-order valence-electron chi connectivity index (χ4n) is 1.87. The number of methoxy groups -OCH3 is 1. The van der Waals surface area contributed by atoms with Crippen LogP contribution in [0.5, 0.6) is 0 Å². The van der Waals surface area contributed by atoms with Gasteiger partial charge in [0, 0.05) is 13.2 Å². The lowest BCUT2D eigenvalue weighted by atomic mass is 10.1. The predicted molar refractivity (Wildman–Crippen MR) is 73.1 cm³/mol. The lowest BCUT2D eigenvalue weighted by Crippen LogP contribution is -2.47. The van der Waals surface area contributed by atoms with Gasteiger partial charge in [-0.05, 0) is 46.1 Å². The smallest absolute Gasteiger partial charge is 0.212 e.